The minimum atomic E-state index is -3.75. The summed E-state index contributed by atoms with van der Waals surface area (Å²) in [6.45, 7) is 4.53. The number of H-pyrrole nitrogens is 1. The van der Waals surface area contributed by atoms with Crippen molar-refractivity contribution in [2.75, 3.05) is 33.3 Å². The van der Waals surface area contributed by atoms with Gasteiger partial charge in [0, 0.05) is 49.5 Å². The lowest BCUT2D eigenvalue weighted by Crippen LogP contribution is -2.57. The number of aromatic amines is 1. The number of carbonyl (C=O) groups excluding carboxylic acids is 2. The van der Waals surface area contributed by atoms with E-state index in [4.69, 9.17) is 4.74 Å². The second kappa shape index (κ2) is 10.0. The Morgan fingerprint density at radius 3 is 2.40 bits per heavy atom. The predicted octanol–water partition coefficient (Wildman–Crippen LogP) is 1.86. The largest absolute Gasteiger partial charge is 0.497 e. The molecular weight excluding hydrogens is 470 g/mol. The molecule has 2 amide bonds. The van der Waals surface area contributed by atoms with E-state index in [1.54, 1.807) is 54.6 Å². The second-order valence-electron chi connectivity index (χ2n) is 8.71. The standard InChI is InChI=1S/C24H29N5O5S/c1-16(2)21(27-23(30)17-6-8-18(34-3)9-7-17)24(31)28-11-13-29(14-12-28)35(32,33)20-15-26-22-19(20)5-4-10-25-22/h4-10,15-16,21H,11-14H2,1-3H3,(H,25,26)(H,27,30). The van der Waals surface area contributed by atoms with E-state index >= 15 is 0 Å². The van der Waals surface area contributed by atoms with Crippen LogP contribution in [0.3, 0.4) is 0 Å². The fourth-order valence-corrected chi connectivity index (χ4v) is 5.68. The zero-order valence-corrected chi connectivity index (χ0v) is 20.7. The number of piperazine rings is 1. The van der Waals surface area contributed by atoms with Crippen LogP contribution in [0, 0.1) is 5.92 Å². The molecule has 3 aromatic rings. The van der Waals surface area contributed by atoms with Crippen molar-refractivity contribution in [2.24, 2.45) is 5.92 Å². The molecule has 3 heterocycles. The van der Waals surface area contributed by atoms with Crippen molar-refractivity contribution in [3.63, 3.8) is 0 Å². The number of ether oxygens (including phenoxy) is 1. The summed E-state index contributed by atoms with van der Waals surface area (Å²) in [6.07, 6.45) is 3.05. The Hall–Kier alpha value is -3.44. The van der Waals surface area contributed by atoms with Gasteiger partial charge >= 0.3 is 0 Å². The molecular formula is C24H29N5O5S. The van der Waals surface area contributed by atoms with Crippen molar-refractivity contribution in [3.05, 3.63) is 54.4 Å². The second-order valence-corrected chi connectivity index (χ2v) is 10.6. The monoisotopic (exact) mass is 499 g/mol. The van der Waals surface area contributed by atoms with E-state index in [0.29, 0.717) is 22.3 Å². The molecule has 2 N–H and O–H groups in total. The molecule has 2 aromatic heterocycles. The van der Waals surface area contributed by atoms with Crippen molar-refractivity contribution >= 4 is 32.9 Å². The first kappa shape index (κ1) is 24.7. The van der Waals surface area contributed by atoms with Gasteiger partial charge < -0.3 is 19.9 Å². The van der Waals surface area contributed by atoms with Crippen molar-refractivity contribution < 1.29 is 22.7 Å². The zero-order valence-electron chi connectivity index (χ0n) is 19.9. The zero-order chi connectivity index (χ0) is 25.2. The van der Waals surface area contributed by atoms with Gasteiger partial charge in [0.2, 0.25) is 15.9 Å². The quantitative estimate of drug-likeness (QED) is 0.511. The number of fused-ring (bicyclic) bond motifs is 1. The molecule has 11 heteroatoms. The normalized spacial score (nSPS) is 15.8. The molecule has 186 valence electrons. The van der Waals surface area contributed by atoms with Crippen LogP contribution in [-0.4, -0.2) is 78.7 Å². The van der Waals surface area contributed by atoms with E-state index in [1.165, 1.54) is 10.5 Å². The minimum absolute atomic E-state index is 0.148. The van der Waals surface area contributed by atoms with Crippen molar-refractivity contribution in [1.82, 2.24) is 24.5 Å². The third kappa shape index (κ3) is 5.01. The van der Waals surface area contributed by atoms with Crippen LogP contribution in [0.1, 0.15) is 24.2 Å². The first-order chi connectivity index (χ1) is 16.7. The lowest BCUT2D eigenvalue weighted by atomic mass is 10.0. The van der Waals surface area contributed by atoms with Crippen LogP contribution in [-0.2, 0) is 14.8 Å². The highest BCUT2D eigenvalue weighted by Gasteiger charge is 2.35. The molecule has 0 saturated carbocycles. The molecule has 1 unspecified atom stereocenters. The Balaban J connectivity index is 1.42. The van der Waals surface area contributed by atoms with Gasteiger partial charge in [-0.15, -0.1) is 0 Å². The molecule has 4 rings (SSSR count). The summed E-state index contributed by atoms with van der Waals surface area (Å²) in [5, 5.41) is 3.37. The summed E-state index contributed by atoms with van der Waals surface area (Å²) in [5.41, 5.74) is 0.931. The van der Waals surface area contributed by atoms with Crippen LogP contribution in [0.4, 0.5) is 0 Å². The third-order valence-corrected chi connectivity index (χ3v) is 8.09. The first-order valence-corrected chi connectivity index (χ1v) is 12.8. The number of pyridine rings is 1. The summed E-state index contributed by atoms with van der Waals surface area (Å²) in [5.74, 6) is -0.0935. The summed E-state index contributed by atoms with van der Waals surface area (Å²) < 4.78 is 33.0. The van der Waals surface area contributed by atoms with Gasteiger partial charge in [-0.2, -0.15) is 4.31 Å². The van der Waals surface area contributed by atoms with Crippen LogP contribution in [0.5, 0.6) is 5.75 Å². The highest BCUT2D eigenvalue weighted by molar-refractivity contribution is 7.89. The average Bonchev–Trinajstić information content (AvgIpc) is 3.32. The molecule has 1 aliphatic heterocycles. The molecule has 1 aliphatic rings. The van der Waals surface area contributed by atoms with Crippen molar-refractivity contribution in [1.29, 1.82) is 0 Å². The number of nitrogens with zero attached hydrogens (tertiary/aromatic N) is 3. The van der Waals surface area contributed by atoms with Gasteiger partial charge in [-0.25, -0.2) is 13.4 Å². The van der Waals surface area contributed by atoms with Crippen LogP contribution < -0.4 is 10.1 Å². The first-order valence-electron chi connectivity index (χ1n) is 11.4. The Labute approximate surface area is 204 Å². The molecule has 1 fully saturated rings. The van der Waals surface area contributed by atoms with Gasteiger partial charge in [0.25, 0.3) is 5.91 Å². The van der Waals surface area contributed by atoms with E-state index in [2.05, 4.69) is 15.3 Å². The molecule has 0 spiro atoms. The molecule has 1 atom stereocenters. The lowest BCUT2D eigenvalue weighted by Gasteiger charge is -2.36. The van der Waals surface area contributed by atoms with Gasteiger partial charge in [0.05, 0.1) is 7.11 Å². The van der Waals surface area contributed by atoms with Crippen molar-refractivity contribution in [2.45, 2.75) is 24.8 Å². The molecule has 35 heavy (non-hydrogen) atoms. The number of rotatable bonds is 7. The van der Waals surface area contributed by atoms with E-state index in [1.807, 2.05) is 13.8 Å². The highest BCUT2D eigenvalue weighted by atomic mass is 32.2. The molecule has 0 aliphatic carbocycles. The van der Waals surface area contributed by atoms with Crippen LogP contribution >= 0.6 is 0 Å². The fraction of sp³-hybridized carbons (Fsp3) is 0.375. The van der Waals surface area contributed by atoms with Gasteiger partial charge in [0.1, 0.15) is 22.3 Å². The Morgan fingerprint density at radius 1 is 1.09 bits per heavy atom. The maximum atomic E-state index is 13.3. The van der Waals surface area contributed by atoms with E-state index in [9.17, 15) is 18.0 Å². The molecule has 0 bridgehead atoms. The van der Waals surface area contributed by atoms with Gasteiger partial charge in [0.15, 0.2) is 0 Å². The van der Waals surface area contributed by atoms with Crippen LogP contribution in [0.15, 0.2) is 53.7 Å². The smallest absolute Gasteiger partial charge is 0.251 e. The minimum Gasteiger partial charge on any atom is -0.497 e. The number of sulfonamides is 1. The average molecular weight is 500 g/mol. The van der Waals surface area contributed by atoms with E-state index < -0.39 is 16.1 Å². The van der Waals surface area contributed by atoms with Gasteiger partial charge in [-0.05, 0) is 42.3 Å². The van der Waals surface area contributed by atoms with Gasteiger partial charge in [-0.1, -0.05) is 13.8 Å². The Morgan fingerprint density at radius 2 is 1.77 bits per heavy atom. The Kier molecular flexibility index (Phi) is 7.08. The summed E-state index contributed by atoms with van der Waals surface area (Å²) in [6, 6.07) is 9.32. The number of amides is 2. The maximum Gasteiger partial charge on any atom is 0.251 e. The van der Waals surface area contributed by atoms with Crippen LogP contribution in [0.2, 0.25) is 0 Å². The molecule has 0 radical (unpaired) electrons. The molecule has 1 aromatic carbocycles. The highest BCUT2D eigenvalue weighted by Crippen LogP contribution is 2.25. The number of carbonyl (C=O) groups is 2. The van der Waals surface area contributed by atoms with Gasteiger partial charge in [-0.3, -0.25) is 9.59 Å². The summed E-state index contributed by atoms with van der Waals surface area (Å²) >= 11 is 0. The van der Waals surface area contributed by atoms with Crippen molar-refractivity contribution in [3.8, 4) is 5.75 Å². The third-order valence-electron chi connectivity index (χ3n) is 6.15. The number of hydrogen-bond donors (Lipinski definition) is 2. The lowest BCUT2D eigenvalue weighted by molar-refractivity contribution is -0.135. The van der Waals surface area contributed by atoms with E-state index in [-0.39, 0.29) is 48.8 Å². The van der Waals surface area contributed by atoms with E-state index in [0.717, 1.165) is 0 Å². The summed E-state index contributed by atoms with van der Waals surface area (Å²) in [4.78, 5) is 34.9. The Bertz CT molecular complexity index is 1310. The van der Waals surface area contributed by atoms with Crippen LogP contribution in [0.25, 0.3) is 11.0 Å². The molecule has 10 nitrogen and oxygen atoms in total. The number of aromatic nitrogens is 2. The number of methoxy groups -OCH3 is 1. The number of benzene rings is 1. The topological polar surface area (TPSA) is 125 Å². The molecule has 1 saturated heterocycles. The number of nitrogens with one attached hydrogen (secondary N) is 2. The number of hydrogen-bond acceptors (Lipinski definition) is 6. The maximum absolute atomic E-state index is 13.3. The summed E-state index contributed by atoms with van der Waals surface area (Å²) in [7, 11) is -2.20. The predicted molar refractivity (Wildman–Crippen MR) is 131 cm³/mol. The fourth-order valence-electron chi connectivity index (χ4n) is 4.11. The SMILES string of the molecule is COc1ccc(C(=O)NC(C(=O)N2CCN(S(=O)(=O)c3c[nH]c4ncccc34)CC2)C(C)C)cc1.